The van der Waals surface area contributed by atoms with Gasteiger partial charge in [-0.15, -0.1) is 0 Å². The number of aromatic hydroxyl groups is 1. The molecule has 3 atom stereocenters. The van der Waals surface area contributed by atoms with E-state index in [-0.39, 0.29) is 29.6 Å². The number of nitrogens with zero attached hydrogens (tertiary/aromatic N) is 2. The van der Waals surface area contributed by atoms with Crippen LogP contribution in [0.5, 0.6) is 23.0 Å². The summed E-state index contributed by atoms with van der Waals surface area (Å²) in [5.41, 5.74) is 2.11. The molecule has 2 aliphatic rings. The summed E-state index contributed by atoms with van der Waals surface area (Å²) < 4.78 is 30.0. The van der Waals surface area contributed by atoms with Crippen LogP contribution in [-0.2, 0) is 29.0 Å². The molecule has 11 nitrogen and oxygen atoms in total. The van der Waals surface area contributed by atoms with Crippen molar-refractivity contribution in [2.24, 2.45) is 5.92 Å². The van der Waals surface area contributed by atoms with Gasteiger partial charge in [-0.1, -0.05) is 24.3 Å². The van der Waals surface area contributed by atoms with E-state index in [0.717, 1.165) is 30.0 Å². The molecule has 0 unspecified atom stereocenters. The molecule has 1 fully saturated rings. The van der Waals surface area contributed by atoms with Gasteiger partial charge in [-0.3, -0.25) is 19.3 Å². The molecule has 4 heterocycles. The number of methoxy groups -OCH3 is 3. The zero-order valence-corrected chi connectivity index (χ0v) is 27.3. The fraction of sp³-hybridized carbons (Fsp3) is 0.378. The van der Waals surface area contributed by atoms with Crippen LogP contribution in [0.3, 0.4) is 0 Å². The van der Waals surface area contributed by atoms with Crippen LogP contribution < -0.4 is 25.2 Å². The highest BCUT2D eigenvalue weighted by atomic mass is 16.5. The van der Waals surface area contributed by atoms with Gasteiger partial charge in [0.15, 0.2) is 17.3 Å². The molecule has 1 saturated heterocycles. The molecule has 0 amide bonds. The quantitative estimate of drug-likeness (QED) is 0.218. The Bertz CT molecular complexity index is 1880. The molecule has 2 aromatic carbocycles. The van der Waals surface area contributed by atoms with E-state index >= 15 is 0 Å². The number of pyridine rings is 1. The van der Waals surface area contributed by atoms with Crippen LogP contribution in [0.25, 0.3) is 0 Å². The largest absolute Gasteiger partial charge is 0.502 e. The third kappa shape index (κ3) is 7.11. The number of aromatic nitrogens is 1. The number of likely N-dealkylation sites (tertiary alicyclic amines) is 1. The fourth-order valence-corrected chi connectivity index (χ4v) is 6.92. The minimum atomic E-state index is -0.841. The number of ether oxygens (including phenoxy) is 4. The normalized spacial score (nSPS) is 17.6. The molecule has 48 heavy (non-hydrogen) atoms. The summed E-state index contributed by atoms with van der Waals surface area (Å²) in [5, 5.41) is 11.0. The highest BCUT2D eigenvalue weighted by Crippen LogP contribution is 2.39. The van der Waals surface area contributed by atoms with E-state index < -0.39 is 23.1 Å². The average Bonchev–Trinajstić information content (AvgIpc) is 3.09. The lowest BCUT2D eigenvalue weighted by atomic mass is 9.83. The first-order valence-electron chi connectivity index (χ1n) is 16.0. The number of fused-ring (bicyclic) bond motifs is 4. The van der Waals surface area contributed by atoms with E-state index in [1.807, 2.05) is 34.9 Å². The summed E-state index contributed by atoms with van der Waals surface area (Å²) in [6, 6.07) is 19.7. The van der Waals surface area contributed by atoms with Crippen molar-refractivity contribution < 1.29 is 33.3 Å². The zero-order valence-electron chi connectivity index (χ0n) is 27.3. The Hall–Kier alpha value is -5.03. The summed E-state index contributed by atoms with van der Waals surface area (Å²) in [6.45, 7) is 2.81. The molecule has 4 aromatic rings. The molecule has 0 aliphatic carbocycles. The van der Waals surface area contributed by atoms with Crippen LogP contribution >= 0.6 is 0 Å². The maximum atomic E-state index is 13.1. The van der Waals surface area contributed by atoms with Gasteiger partial charge >= 0.3 is 5.97 Å². The van der Waals surface area contributed by atoms with Crippen molar-refractivity contribution in [1.29, 1.82) is 0 Å². The second-order valence-electron chi connectivity index (χ2n) is 12.4. The van der Waals surface area contributed by atoms with Gasteiger partial charge < -0.3 is 33.0 Å². The summed E-state index contributed by atoms with van der Waals surface area (Å²) in [7, 11) is 4.43. The van der Waals surface area contributed by atoms with Gasteiger partial charge in [0.25, 0.3) is 5.56 Å². The van der Waals surface area contributed by atoms with Crippen molar-refractivity contribution in [3.8, 4) is 23.0 Å². The standard InChI is InChI=1S/C37H40N2O9/c1-44-27-10-7-23(8-11-27)13-14-47-32-12-9-25(16-33(32)45-2)29(18-35(42)46-3)37-36(43)31(40)17-28(48-37)22-38-19-24-15-26(21-38)30-5-4-6-34(41)39(30)20-24/h4-12,16-17,24,26,29,43H,13-15,18-22H2,1-3H3/t24-,26+,29-/m1/s1. The number of esters is 1. The zero-order chi connectivity index (χ0) is 33.8. The van der Waals surface area contributed by atoms with E-state index in [1.165, 1.54) is 20.3 Å². The van der Waals surface area contributed by atoms with Gasteiger partial charge in [-0.2, -0.15) is 0 Å². The molecule has 6 rings (SSSR count). The Morgan fingerprint density at radius 1 is 0.958 bits per heavy atom. The van der Waals surface area contributed by atoms with Gasteiger partial charge in [0.05, 0.1) is 46.8 Å². The number of benzene rings is 2. The number of hydrogen-bond acceptors (Lipinski definition) is 10. The van der Waals surface area contributed by atoms with E-state index in [9.17, 15) is 19.5 Å². The van der Waals surface area contributed by atoms with E-state index in [4.69, 9.17) is 23.4 Å². The smallest absolute Gasteiger partial charge is 0.306 e. The van der Waals surface area contributed by atoms with Crippen LogP contribution in [0.15, 0.2) is 80.7 Å². The van der Waals surface area contributed by atoms with E-state index in [1.54, 1.807) is 37.4 Å². The van der Waals surface area contributed by atoms with Crippen molar-refractivity contribution >= 4 is 5.97 Å². The van der Waals surface area contributed by atoms with E-state index in [2.05, 4.69) is 4.90 Å². The first-order chi connectivity index (χ1) is 23.3. The third-order valence-electron chi connectivity index (χ3n) is 9.25. The number of piperidine rings is 1. The Kier molecular flexibility index (Phi) is 9.86. The second-order valence-corrected chi connectivity index (χ2v) is 12.4. The van der Waals surface area contributed by atoms with Crippen molar-refractivity contribution in [1.82, 2.24) is 9.47 Å². The Labute approximate surface area is 278 Å². The lowest BCUT2D eigenvalue weighted by Crippen LogP contribution is -2.46. The predicted octanol–water partition coefficient (Wildman–Crippen LogP) is 4.46. The van der Waals surface area contributed by atoms with Gasteiger partial charge in [0.1, 0.15) is 11.5 Å². The molecule has 252 valence electrons. The van der Waals surface area contributed by atoms with Gasteiger partial charge in [0, 0.05) is 49.8 Å². The lowest BCUT2D eigenvalue weighted by molar-refractivity contribution is -0.140. The van der Waals surface area contributed by atoms with Crippen molar-refractivity contribution in [2.75, 3.05) is 41.0 Å². The van der Waals surface area contributed by atoms with Crippen molar-refractivity contribution in [2.45, 2.75) is 44.2 Å². The lowest BCUT2D eigenvalue weighted by Gasteiger charge is -2.42. The number of carbonyl (C=O) groups excluding carboxylic acids is 1. The maximum Gasteiger partial charge on any atom is 0.306 e. The van der Waals surface area contributed by atoms with Crippen molar-refractivity contribution in [3.05, 3.63) is 116 Å². The summed E-state index contributed by atoms with van der Waals surface area (Å²) in [6.07, 6.45) is 1.47. The molecule has 2 aromatic heterocycles. The first-order valence-corrected chi connectivity index (χ1v) is 16.0. The fourth-order valence-electron chi connectivity index (χ4n) is 6.92. The van der Waals surface area contributed by atoms with Crippen molar-refractivity contribution in [3.63, 3.8) is 0 Å². The molecular weight excluding hydrogens is 616 g/mol. The van der Waals surface area contributed by atoms with Gasteiger partial charge in [0.2, 0.25) is 11.2 Å². The van der Waals surface area contributed by atoms with Gasteiger partial charge in [-0.05, 0) is 53.8 Å². The summed E-state index contributed by atoms with van der Waals surface area (Å²) in [5.74, 6) is 0.601. The SMILES string of the molecule is COC(=O)C[C@H](c1ccc(OCCc2ccc(OC)cc2)c(OC)c1)c1oc(CN2C[C@H]3C[C@@H](C2)c2cccc(=O)n2C3)cc(=O)c1O. The molecule has 0 spiro atoms. The number of carbonyl (C=O) groups is 1. The Morgan fingerprint density at radius 2 is 1.77 bits per heavy atom. The molecular formula is C37H40N2O9. The molecule has 2 aliphatic heterocycles. The molecule has 2 bridgehead atoms. The first kappa shape index (κ1) is 32.9. The molecule has 11 heteroatoms. The topological polar surface area (TPSA) is 130 Å². The summed E-state index contributed by atoms with van der Waals surface area (Å²) >= 11 is 0. The third-order valence-corrected chi connectivity index (χ3v) is 9.25. The Morgan fingerprint density at radius 3 is 2.52 bits per heavy atom. The van der Waals surface area contributed by atoms with E-state index in [0.29, 0.717) is 55.5 Å². The van der Waals surface area contributed by atoms with Gasteiger partial charge in [-0.25, -0.2) is 0 Å². The van der Waals surface area contributed by atoms with Crippen LogP contribution in [0.1, 0.15) is 53.0 Å². The van der Waals surface area contributed by atoms with Crippen LogP contribution in [0, 0.1) is 5.92 Å². The summed E-state index contributed by atoms with van der Waals surface area (Å²) in [4.78, 5) is 40.4. The molecule has 1 N–H and O–H groups in total. The average molecular weight is 657 g/mol. The number of hydrogen-bond donors (Lipinski definition) is 1. The Balaban J connectivity index is 1.23. The monoisotopic (exact) mass is 656 g/mol. The minimum absolute atomic E-state index is 0.0197. The predicted molar refractivity (Wildman–Crippen MR) is 177 cm³/mol. The highest BCUT2D eigenvalue weighted by molar-refractivity contribution is 5.71. The highest BCUT2D eigenvalue weighted by Gasteiger charge is 2.35. The number of rotatable bonds is 12. The maximum absolute atomic E-state index is 13.1. The van der Waals surface area contributed by atoms with Crippen LogP contribution in [0.4, 0.5) is 0 Å². The second kappa shape index (κ2) is 14.4. The van der Waals surface area contributed by atoms with Crippen LogP contribution in [-0.4, -0.2) is 61.6 Å². The minimum Gasteiger partial charge on any atom is -0.502 e. The molecule has 0 saturated carbocycles. The van der Waals surface area contributed by atoms with Crippen LogP contribution in [0.2, 0.25) is 0 Å². The molecule has 0 radical (unpaired) electrons.